The van der Waals surface area contributed by atoms with Gasteiger partial charge in [0.1, 0.15) is 5.75 Å². The molecule has 1 aliphatic heterocycles. The molecule has 1 aliphatic rings. The van der Waals surface area contributed by atoms with Gasteiger partial charge >= 0.3 is 0 Å². The Labute approximate surface area is 122 Å². The van der Waals surface area contributed by atoms with Crippen molar-refractivity contribution in [1.29, 1.82) is 0 Å². The molecular formula is C16H17NO2S. The van der Waals surface area contributed by atoms with Crippen molar-refractivity contribution in [2.75, 3.05) is 13.2 Å². The molecule has 0 atom stereocenters. The topological polar surface area (TPSA) is 38.3 Å². The number of rotatable bonds is 5. The van der Waals surface area contributed by atoms with E-state index in [-0.39, 0.29) is 5.91 Å². The lowest BCUT2D eigenvalue weighted by atomic mass is 10.1. The number of thiophene rings is 1. The van der Waals surface area contributed by atoms with E-state index in [4.69, 9.17) is 4.74 Å². The van der Waals surface area contributed by atoms with Crippen LogP contribution in [0.1, 0.15) is 16.7 Å². The van der Waals surface area contributed by atoms with Crippen LogP contribution in [0.25, 0.3) is 0 Å². The van der Waals surface area contributed by atoms with Crippen molar-refractivity contribution in [3.05, 3.63) is 51.7 Å². The maximum atomic E-state index is 11.8. The Kier molecular flexibility index (Phi) is 4.02. The van der Waals surface area contributed by atoms with Gasteiger partial charge in [0.2, 0.25) is 5.91 Å². The zero-order valence-electron chi connectivity index (χ0n) is 11.2. The van der Waals surface area contributed by atoms with E-state index in [1.807, 2.05) is 22.9 Å². The molecule has 0 fully saturated rings. The minimum atomic E-state index is 0.0906. The molecule has 0 aliphatic carbocycles. The Morgan fingerprint density at radius 3 is 3.10 bits per heavy atom. The molecule has 1 N–H and O–H groups in total. The van der Waals surface area contributed by atoms with Gasteiger partial charge in [0.15, 0.2) is 0 Å². The van der Waals surface area contributed by atoms with Crippen LogP contribution >= 0.6 is 11.3 Å². The first-order chi connectivity index (χ1) is 9.81. The summed E-state index contributed by atoms with van der Waals surface area (Å²) in [5.74, 6) is 1.10. The van der Waals surface area contributed by atoms with Gasteiger partial charge in [0.05, 0.1) is 13.0 Å². The summed E-state index contributed by atoms with van der Waals surface area (Å²) in [6, 6.07) is 8.29. The predicted octanol–water partition coefficient (Wildman–Crippen LogP) is 2.58. The fourth-order valence-electron chi connectivity index (χ4n) is 2.38. The van der Waals surface area contributed by atoms with E-state index in [0.717, 1.165) is 30.8 Å². The number of amides is 1. The summed E-state index contributed by atoms with van der Waals surface area (Å²) in [6.07, 6.45) is 2.33. The summed E-state index contributed by atoms with van der Waals surface area (Å²) in [4.78, 5) is 11.8. The number of nitrogens with one attached hydrogen (secondary N) is 1. The standard InChI is InChI=1S/C16H17NO2S/c18-16(10-13-5-8-20-11-13)17-6-3-12-1-2-15-14(9-12)4-7-19-15/h1-2,5,8-9,11H,3-4,6-7,10H2,(H,17,18). The fourth-order valence-corrected chi connectivity index (χ4v) is 3.05. The molecule has 20 heavy (non-hydrogen) atoms. The first-order valence-corrected chi connectivity index (χ1v) is 7.78. The minimum absolute atomic E-state index is 0.0906. The van der Waals surface area contributed by atoms with Crippen molar-refractivity contribution >= 4 is 17.2 Å². The highest BCUT2D eigenvalue weighted by Crippen LogP contribution is 2.25. The quantitative estimate of drug-likeness (QED) is 0.918. The van der Waals surface area contributed by atoms with E-state index >= 15 is 0 Å². The number of carbonyl (C=O) groups excluding carboxylic acids is 1. The van der Waals surface area contributed by atoms with Gasteiger partial charge in [-0.05, 0) is 46.0 Å². The Bertz CT molecular complexity index is 593. The highest BCUT2D eigenvalue weighted by Gasteiger charge is 2.11. The van der Waals surface area contributed by atoms with Crippen LogP contribution in [-0.4, -0.2) is 19.1 Å². The summed E-state index contributed by atoms with van der Waals surface area (Å²) >= 11 is 1.62. The van der Waals surface area contributed by atoms with E-state index < -0.39 is 0 Å². The number of benzene rings is 1. The average molecular weight is 287 g/mol. The molecule has 1 aromatic carbocycles. The molecule has 0 bridgehead atoms. The summed E-state index contributed by atoms with van der Waals surface area (Å²) in [5, 5.41) is 6.98. The van der Waals surface area contributed by atoms with Gasteiger partial charge in [-0.2, -0.15) is 11.3 Å². The second-order valence-electron chi connectivity index (χ2n) is 4.95. The van der Waals surface area contributed by atoms with Gasteiger partial charge in [-0.1, -0.05) is 12.1 Å². The Morgan fingerprint density at radius 2 is 2.25 bits per heavy atom. The molecule has 1 amide bonds. The highest BCUT2D eigenvalue weighted by molar-refractivity contribution is 7.07. The average Bonchev–Trinajstić information content (AvgIpc) is 3.09. The van der Waals surface area contributed by atoms with E-state index in [9.17, 15) is 4.79 Å². The molecule has 104 valence electrons. The van der Waals surface area contributed by atoms with Crippen LogP contribution in [0.2, 0.25) is 0 Å². The van der Waals surface area contributed by atoms with E-state index in [1.165, 1.54) is 11.1 Å². The van der Waals surface area contributed by atoms with Gasteiger partial charge in [0.25, 0.3) is 0 Å². The van der Waals surface area contributed by atoms with Crippen LogP contribution in [-0.2, 0) is 24.1 Å². The van der Waals surface area contributed by atoms with Crippen LogP contribution in [0.3, 0.4) is 0 Å². The van der Waals surface area contributed by atoms with Gasteiger partial charge in [-0.25, -0.2) is 0 Å². The smallest absolute Gasteiger partial charge is 0.224 e. The Balaban J connectivity index is 1.46. The zero-order valence-corrected chi connectivity index (χ0v) is 12.0. The second-order valence-corrected chi connectivity index (χ2v) is 5.73. The van der Waals surface area contributed by atoms with Crippen molar-refractivity contribution in [3.8, 4) is 5.75 Å². The molecule has 2 aromatic rings. The first-order valence-electron chi connectivity index (χ1n) is 6.83. The third-order valence-electron chi connectivity index (χ3n) is 3.43. The lowest BCUT2D eigenvalue weighted by Gasteiger charge is -2.06. The number of hydrogen-bond donors (Lipinski definition) is 1. The molecular weight excluding hydrogens is 270 g/mol. The zero-order chi connectivity index (χ0) is 13.8. The fraction of sp³-hybridized carbons (Fsp3) is 0.312. The molecule has 1 aromatic heterocycles. The molecule has 2 heterocycles. The molecule has 0 saturated heterocycles. The van der Waals surface area contributed by atoms with Gasteiger partial charge in [-0.3, -0.25) is 4.79 Å². The molecule has 0 spiro atoms. The molecule has 3 nitrogen and oxygen atoms in total. The summed E-state index contributed by atoms with van der Waals surface area (Å²) in [5.41, 5.74) is 3.62. The van der Waals surface area contributed by atoms with Crippen molar-refractivity contribution in [2.24, 2.45) is 0 Å². The number of ether oxygens (including phenoxy) is 1. The number of hydrogen-bond acceptors (Lipinski definition) is 3. The van der Waals surface area contributed by atoms with Crippen molar-refractivity contribution in [3.63, 3.8) is 0 Å². The minimum Gasteiger partial charge on any atom is -0.493 e. The van der Waals surface area contributed by atoms with E-state index in [0.29, 0.717) is 13.0 Å². The van der Waals surface area contributed by atoms with Crippen molar-refractivity contribution < 1.29 is 9.53 Å². The SMILES string of the molecule is O=C(Cc1ccsc1)NCCc1ccc2c(c1)CCO2. The highest BCUT2D eigenvalue weighted by atomic mass is 32.1. The largest absolute Gasteiger partial charge is 0.493 e. The van der Waals surface area contributed by atoms with E-state index in [2.05, 4.69) is 17.4 Å². The molecule has 0 radical (unpaired) electrons. The van der Waals surface area contributed by atoms with Gasteiger partial charge in [0, 0.05) is 13.0 Å². The number of fused-ring (bicyclic) bond motifs is 1. The number of carbonyl (C=O) groups is 1. The monoisotopic (exact) mass is 287 g/mol. The Hall–Kier alpha value is -1.81. The lowest BCUT2D eigenvalue weighted by molar-refractivity contribution is -0.120. The summed E-state index contributed by atoms with van der Waals surface area (Å²) < 4.78 is 5.49. The molecule has 4 heteroatoms. The van der Waals surface area contributed by atoms with Crippen LogP contribution in [0.5, 0.6) is 5.75 Å². The second kappa shape index (κ2) is 6.09. The lowest BCUT2D eigenvalue weighted by Crippen LogP contribution is -2.27. The van der Waals surface area contributed by atoms with Gasteiger partial charge < -0.3 is 10.1 Å². The predicted molar refractivity (Wildman–Crippen MR) is 80.4 cm³/mol. The summed E-state index contributed by atoms with van der Waals surface area (Å²) in [7, 11) is 0. The van der Waals surface area contributed by atoms with Gasteiger partial charge in [-0.15, -0.1) is 0 Å². The maximum Gasteiger partial charge on any atom is 0.224 e. The summed E-state index contributed by atoms with van der Waals surface area (Å²) in [6.45, 7) is 1.47. The van der Waals surface area contributed by atoms with Crippen molar-refractivity contribution in [1.82, 2.24) is 5.32 Å². The van der Waals surface area contributed by atoms with Crippen LogP contribution in [0.15, 0.2) is 35.0 Å². The molecule has 3 rings (SSSR count). The normalized spacial score (nSPS) is 12.8. The van der Waals surface area contributed by atoms with E-state index in [1.54, 1.807) is 11.3 Å². The van der Waals surface area contributed by atoms with Crippen molar-refractivity contribution in [2.45, 2.75) is 19.3 Å². The third-order valence-corrected chi connectivity index (χ3v) is 4.17. The molecule has 0 unspecified atom stereocenters. The maximum absolute atomic E-state index is 11.8. The van der Waals surface area contributed by atoms with Crippen LogP contribution in [0.4, 0.5) is 0 Å². The molecule has 0 saturated carbocycles. The Morgan fingerprint density at radius 1 is 1.30 bits per heavy atom. The van der Waals surface area contributed by atoms with Crippen LogP contribution in [0, 0.1) is 0 Å². The third kappa shape index (κ3) is 3.20. The first kappa shape index (κ1) is 13.2. The van der Waals surface area contributed by atoms with Crippen LogP contribution < -0.4 is 10.1 Å².